The zero-order valence-corrected chi connectivity index (χ0v) is 18.6. The fraction of sp³-hybridized carbons (Fsp3) is 0.476. The number of hydrogen-bond acceptors (Lipinski definition) is 8. The number of amides is 2. The maximum Gasteiger partial charge on any atom is 0.324 e. The summed E-state index contributed by atoms with van der Waals surface area (Å²) in [6.45, 7) is 3.56. The predicted octanol–water partition coefficient (Wildman–Crippen LogP) is 2.12. The summed E-state index contributed by atoms with van der Waals surface area (Å²) in [5.74, 6) is 1.45. The maximum absolute atomic E-state index is 12.3. The van der Waals surface area contributed by atoms with Crippen molar-refractivity contribution in [2.24, 2.45) is 5.92 Å². The van der Waals surface area contributed by atoms with E-state index in [0.717, 1.165) is 18.8 Å². The number of benzene rings is 1. The Kier molecular flexibility index (Phi) is 5.66. The van der Waals surface area contributed by atoms with Gasteiger partial charge in [-0.1, -0.05) is 11.6 Å². The monoisotopic (exact) mass is 460 g/mol. The fourth-order valence-electron chi connectivity index (χ4n) is 4.30. The summed E-state index contributed by atoms with van der Waals surface area (Å²) in [6.07, 6.45) is 1.32. The number of likely N-dealkylation sites (N-methyl/N-ethyl adjacent to an activating group) is 1. The zero-order valence-electron chi connectivity index (χ0n) is 17.9. The highest BCUT2D eigenvalue weighted by Gasteiger charge is 2.42. The number of urea groups is 1. The Labute approximate surface area is 190 Å². The first-order valence-corrected chi connectivity index (χ1v) is 10.9. The van der Waals surface area contributed by atoms with Crippen LogP contribution in [0.3, 0.4) is 0 Å². The molecule has 1 aromatic carbocycles. The molecule has 4 heterocycles. The maximum atomic E-state index is 12.3. The molecule has 10 nitrogen and oxygen atoms in total. The number of carbonyl (C=O) groups is 1. The third-order valence-corrected chi connectivity index (χ3v) is 6.38. The summed E-state index contributed by atoms with van der Waals surface area (Å²) in [7, 11) is 3.33. The second-order valence-corrected chi connectivity index (χ2v) is 8.49. The van der Waals surface area contributed by atoms with Crippen LogP contribution in [-0.2, 0) is 4.74 Å². The average Bonchev–Trinajstić information content (AvgIpc) is 3.22. The van der Waals surface area contributed by atoms with E-state index < -0.39 is 0 Å². The van der Waals surface area contributed by atoms with Gasteiger partial charge in [0.2, 0.25) is 5.75 Å². The van der Waals surface area contributed by atoms with Gasteiger partial charge >= 0.3 is 6.03 Å². The molecule has 0 spiro atoms. The third-order valence-electron chi connectivity index (χ3n) is 6.06. The number of carbonyl (C=O) groups excluding carboxylic acids is 1. The number of rotatable bonds is 6. The van der Waals surface area contributed by atoms with E-state index in [2.05, 4.69) is 20.6 Å². The number of hydrogen-bond donors (Lipinski definition) is 2. The van der Waals surface area contributed by atoms with Gasteiger partial charge in [0.15, 0.2) is 5.82 Å². The standard InChI is InChI=1S/C21H25ClN6O4/c1-27-5-6-28(21(27)29)13-3-4-15(14(22)7-13)26-19-18(30-2)20(25-11-24-19)32-17-12-8-23-9-16(17)31-10-12/h3-4,7,11-12,16-17,23H,5-6,8-10H2,1-2H3,(H,24,25,26). The summed E-state index contributed by atoms with van der Waals surface area (Å²) in [5.41, 5.74) is 1.37. The van der Waals surface area contributed by atoms with Crippen LogP contribution in [0.4, 0.5) is 22.0 Å². The van der Waals surface area contributed by atoms with Crippen molar-refractivity contribution in [1.29, 1.82) is 0 Å². The Bertz CT molecular complexity index is 1010. The Morgan fingerprint density at radius 2 is 2.16 bits per heavy atom. The number of nitrogens with zero attached hydrogens (tertiary/aromatic N) is 4. The van der Waals surface area contributed by atoms with Gasteiger partial charge in [-0.3, -0.25) is 4.90 Å². The lowest BCUT2D eigenvalue weighted by atomic mass is 9.98. The van der Waals surface area contributed by atoms with Crippen LogP contribution in [0.5, 0.6) is 11.6 Å². The number of nitrogens with one attached hydrogen (secondary N) is 2. The molecule has 0 aliphatic carbocycles. The number of piperidine rings is 1. The zero-order chi connectivity index (χ0) is 22.2. The number of anilines is 3. The van der Waals surface area contributed by atoms with E-state index in [1.807, 2.05) is 12.1 Å². The van der Waals surface area contributed by atoms with Crippen molar-refractivity contribution < 1.29 is 19.0 Å². The first-order chi connectivity index (χ1) is 15.5. The summed E-state index contributed by atoms with van der Waals surface area (Å²) in [4.78, 5) is 24.2. The molecule has 2 amide bonds. The van der Waals surface area contributed by atoms with Crippen LogP contribution in [-0.4, -0.2) is 80.1 Å². The highest BCUT2D eigenvalue weighted by Crippen LogP contribution is 2.38. The van der Waals surface area contributed by atoms with Crippen molar-refractivity contribution in [2.45, 2.75) is 12.2 Å². The lowest BCUT2D eigenvalue weighted by molar-refractivity contribution is 0.0402. The fourth-order valence-corrected chi connectivity index (χ4v) is 4.53. The summed E-state index contributed by atoms with van der Waals surface area (Å²) in [6, 6.07) is 5.37. The molecule has 0 radical (unpaired) electrons. The van der Waals surface area contributed by atoms with E-state index in [-0.39, 0.29) is 24.2 Å². The van der Waals surface area contributed by atoms with Crippen molar-refractivity contribution in [3.63, 3.8) is 0 Å². The minimum Gasteiger partial charge on any atom is -0.489 e. The number of fused-ring (bicyclic) bond motifs is 2. The molecule has 3 atom stereocenters. The first kappa shape index (κ1) is 21.0. The SMILES string of the molecule is COc1c(Nc2ccc(N3CCN(C)C3=O)cc2Cl)ncnc1OC1C2CNCC1OC2. The van der Waals surface area contributed by atoms with Gasteiger partial charge in [-0.2, -0.15) is 4.98 Å². The predicted molar refractivity (Wildman–Crippen MR) is 119 cm³/mol. The van der Waals surface area contributed by atoms with Gasteiger partial charge in [-0.15, -0.1) is 0 Å². The second kappa shape index (κ2) is 8.61. The first-order valence-electron chi connectivity index (χ1n) is 10.5. The molecule has 2 N–H and O–H groups in total. The molecule has 3 aliphatic heterocycles. The molecule has 2 bridgehead atoms. The molecule has 3 aliphatic rings. The topological polar surface area (TPSA) is 101 Å². The number of methoxy groups -OCH3 is 1. The summed E-state index contributed by atoms with van der Waals surface area (Å²) < 4.78 is 17.6. The van der Waals surface area contributed by atoms with Gasteiger partial charge in [0.1, 0.15) is 18.5 Å². The molecule has 1 aromatic heterocycles. The lowest BCUT2D eigenvalue weighted by Gasteiger charge is -2.29. The van der Waals surface area contributed by atoms with Gasteiger partial charge in [-0.25, -0.2) is 9.78 Å². The van der Waals surface area contributed by atoms with Crippen molar-refractivity contribution in [3.8, 4) is 11.6 Å². The number of halogens is 1. The van der Waals surface area contributed by atoms with Gasteiger partial charge in [-0.05, 0) is 18.2 Å². The van der Waals surface area contributed by atoms with Crippen LogP contribution < -0.4 is 25.0 Å². The van der Waals surface area contributed by atoms with Crippen molar-refractivity contribution in [3.05, 3.63) is 29.5 Å². The molecule has 2 aromatic rings. The van der Waals surface area contributed by atoms with E-state index >= 15 is 0 Å². The summed E-state index contributed by atoms with van der Waals surface area (Å²) >= 11 is 6.53. The van der Waals surface area contributed by atoms with E-state index in [1.54, 1.807) is 30.0 Å². The van der Waals surface area contributed by atoms with Crippen LogP contribution in [0.25, 0.3) is 0 Å². The Balaban J connectivity index is 1.36. The Hall–Kier alpha value is -2.82. The van der Waals surface area contributed by atoms with Crippen LogP contribution in [0.2, 0.25) is 5.02 Å². The number of aromatic nitrogens is 2. The molecule has 11 heteroatoms. The largest absolute Gasteiger partial charge is 0.489 e. The quantitative estimate of drug-likeness (QED) is 0.676. The highest BCUT2D eigenvalue weighted by molar-refractivity contribution is 6.33. The molecular formula is C21H25ClN6O4. The molecule has 3 unspecified atom stereocenters. The summed E-state index contributed by atoms with van der Waals surface area (Å²) in [5, 5.41) is 7.00. The van der Waals surface area contributed by atoms with Gasteiger partial charge < -0.3 is 29.7 Å². The van der Waals surface area contributed by atoms with E-state index in [0.29, 0.717) is 47.9 Å². The van der Waals surface area contributed by atoms with Crippen molar-refractivity contribution in [1.82, 2.24) is 20.2 Å². The van der Waals surface area contributed by atoms with Crippen molar-refractivity contribution >= 4 is 34.8 Å². The lowest BCUT2D eigenvalue weighted by Crippen LogP contribution is -2.48. The van der Waals surface area contributed by atoms with E-state index in [4.69, 9.17) is 25.8 Å². The molecule has 32 heavy (non-hydrogen) atoms. The molecule has 5 rings (SSSR count). The third kappa shape index (κ3) is 3.78. The Morgan fingerprint density at radius 1 is 1.28 bits per heavy atom. The van der Waals surface area contributed by atoms with Gasteiger partial charge in [0.25, 0.3) is 5.88 Å². The van der Waals surface area contributed by atoms with E-state index in [9.17, 15) is 4.79 Å². The van der Waals surface area contributed by atoms with Crippen molar-refractivity contribution in [2.75, 3.05) is 57.2 Å². The normalized spacial score (nSPS) is 24.7. The minimum atomic E-state index is -0.0908. The molecule has 0 saturated carbocycles. The highest BCUT2D eigenvalue weighted by atomic mass is 35.5. The van der Waals surface area contributed by atoms with Crippen LogP contribution in [0, 0.1) is 5.92 Å². The minimum absolute atomic E-state index is 0.0147. The van der Waals surface area contributed by atoms with Gasteiger partial charge in [0.05, 0.1) is 24.4 Å². The van der Waals surface area contributed by atoms with E-state index in [1.165, 1.54) is 6.33 Å². The second-order valence-electron chi connectivity index (χ2n) is 8.08. The molecular weight excluding hydrogens is 436 g/mol. The van der Waals surface area contributed by atoms with Crippen LogP contribution in [0.1, 0.15) is 0 Å². The Morgan fingerprint density at radius 3 is 2.88 bits per heavy atom. The van der Waals surface area contributed by atoms with Crippen LogP contribution in [0.15, 0.2) is 24.5 Å². The molecule has 3 fully saturated rings. The molecule has 170 valence electrons. The molecule has 3 saturated heterocycles. The van der Waals surface area contributed by atoms with Gasteiger partial charge in [0, 0.05) is 44.8 Å². The smallest absolute Gasteiger partial charge is 0.324 e. The average molecular weight is 461 g/mol. The van der Waals surface area contributed by atoms with Crippen LogP contribution >= 0.6 is 11.6 Å². The number of ether oxygens (including phenoxy) is 3.